The lowest BCUT2D eigenvalue weighted by Gasteiger charge is -2.55. The van der Waals surface area contributed by atoms with E-state index in [9.17, 15) is 9.59 Å². The number of ether oxygens (including phenoxy) is 1. The summed E-state index contributed by atoms with van der Waals surface area (Å²) < 4.78 is 9.74. The van der Waals surface area contributed by atoms with Gasteiger partial charge in [0, 0.05) is 74.4 Å². The summed E-state index contributed by atoms with van der Waals surface area (Å²) in [6, 6.07) is 24.4. The number of rotatable bonds is 8. The van der Waals surface area contributed by atoms with E-state index in [2.05, 4.69) is 46.8 Å². The van der Waals surface area contributed by atoms with Crippen LogP contribution in [0.2, 0.25) is 0 Å². The van der Waals surface area contributed by atoms with Crippen LogP contribution in [0.15, 0.2) is 79.1 Å². The summed E-state index contributed by atoms with van der Waals surface area (Å²) in [5.74, 6) is 1.92. The Bertz CT molecular complexity index is 2570. The molecule has 3 aromatic heterocycles. The van der Waals surface area contributed by atoms with Crippen LogP contribution in [0.5, 0.6) is 11.5 Å². The third kappa shape index (κ3) is 6.36. The van der Waals surface area contributed by atoms with Gasteiger partial charge in [0.25, 0.3) is 0 Å². The molecule has 0 aliphatic carbocycles. The largest absolute Gasteiger partial charge is 0.457 e. The van der Waals surface area contributed by atoms with Crippen molar-refractivity contribution in [3.8, 4) is 22.8 Å². The number of anilines is 2. The summed E-state index contributed by atoms with van der Waals surface area (Å²) in [4.78, 5) is 45.7. The number of aryl methyl sites for hydroxylation is 1. The first-order chi connectivity index (χ1) is 27.8. The number of piperidine rings is 2. The molecule has 3 aromatic carbocycles. The summed E-state index contributed by atoms with van der Waals surface area (Å²) in [6.07, 6.45) is 4.13. The fourth-order valence-corrected chi connectivity index (χ4v) is 9.01. The minimum atomic E-state index is -0.605. The van der Waals surface area contributed by atoms with Crippen LogP contribution in [0.3, 0.4) is 0 Å². The second kappa shape index (κ2) is 14.1. The van der Waals surface area contributed by atoms with Crippen molar-refractivity contribution in [1.29, 1.82) is 5.41 Å². The number of nitrogens with zero attached hydrogens (tertiary/aromatic N) is 9. The third-order valence-corrected chi connectivity index (χ3v) is 12.3. The number of hydrogen-bond donors (Lipinski definition) is 3. The van der Waals surface area contributed by atoms with E-state index in [-0.39, 0.29) is 29.8 Å². The second-order valence-corrected chi connectivity index (χ2v) is 15.7. The molecule has 57 heavy (non-hydrogen) atoms. The number of fused-ring (bicyclic) bond motifs is 2. The van der Waals surface area contributed by atoms with Crippen molar-refractivity contribution in [3.05, 3.63) is 90.4 Å². The van der Waals surface area contributed by atoms with E-state index in [1.807, 2.05) is 67.6 Å². The number of hydrogen-bond acceptors (Lipinski definition) is 12. The van der Waals surface area contributed by atoms with Crippen molar-refractivity contribution in [2.24, 2.45) is 0 Å². The van der Waals surface area contributed by atoms with Gasteiger partial charge in [-0.15, -0.1) is 0 Å². The standard InChI is InChI=1S/C42H44N12O3/c1-25-47-34-19-28(9-12-33(34)40(44)53(25)35-13-14-36(55)48-42(35)56)51-22-30(23-51)52-20-29(21-52)50-17-15-27(16-18-50)54-41-37(39(43)45-24-46-41)38(49-54)26-7-10-32(11-8-26)57-31-5-3-2-4-6-31/h2-12,19,24,27,29-30,35,44H,13-18,20-23H2,1H3,(H2,43,45,46)(H,48,55,56). The predicted molar refractivity (Wildman–Crippen MR) is 215 cm³/mol. The Labute approximate surface area is 328 Å². The number of amides is 2. The van der Waals surface area contributed by atoms with Crippen LogP contribution in [0.1, 0.15) is 43.6 Å². The Kier molecular flexibility index (Phi) is 8.70. The average Bonchev–Trinajstić information content (AvgIpc) is 3.57. The normalized spacial score (nSPS) is 20.2. The lowest BCUT2D eigenvalue weighted by molar-refractivity contribution is -0.135. The fraction of sp³-hybridized carbons (Fsp3) is 0.357. The summed E-state index contributed by atoms with van der Waals surface area (Å²) in [5, 5.41) is 17.9. The van der Waals surface area contributed by atoms with Gasteiger partial charge >= 0.3 is 0 Å². The highest BCUT2D eigenvalue weighted by molar-refractivity contribution is 6.00. The van der Waals surface area contributed by atoms with Gasteiger partial charge in [0.05, 0.1) is 16.9 Å². The minimum absolute atomic E-state index is 0.220. The molecule has 6 aromatic rings. The Morgan fingerprint density at radius 3 is 2.33 bits per heavy atom. The molecule has 0 bridgehead atoms. The van der Waals surface area contributed by atoms with Gasteiger partial charge in [0.2, 0.25) is 11.8 Å². The first-order valence-electron chi connectivity index (χ1n) is 19.7. The number of benzene rings is 3. The van der Waals surface area contributed by atoms with Crippen molar-refractivity contribution >= 4 is 45.3 Å². The molecule has 0 spiro atoms. The van der Waals surface area contributed by atoms with E-state index < -0.39 is 6.04 Å². The first kappa shape index (κ1) is 35.2. The van der Waals surface area contributed by atoms with Gasteiger partial charge in [-0.25, -0.2) is 19.6 Å². The molecule has 15 nitrogen and oxygen atoms in total. The monoisotopic (exact) mass is 764 g/mol. The van der Waals surface area contributed by atoms with Gasteiger partial charge in [0.1, 0.15) is 46.7 Å². The summed E-state index contributed by atoms with van der Waals surface area (Å²) in [5.41, 5.74) is 11.0. The lowest BCUT2D eigenvalue weighted by atomic mass is 9.95. The van der Waals surface area contributed by atoms with Crippen LogP contribution < -0.4 is 26.2 Å². The summed E-state index contributed by atoms with van der Waals surface area (Å²) >= 11 is 0. The molecule has 1 unspecified atom stereocenters. The highest BCUT2D eigenvalue weighted by Crippen LogP contribution is 2.37. The molecule has 4 aliphatic rings. The summed E-state index contributed by atoms with van der Waals surface area (Å²) in [6.45, 7) is 7.90. The predicted octanol–water partition coefficient (Wildman–Crippen LogP) is 4.19. The lowest BCUT2D eigenvalue weighted by Crippen LogP contribution is -2.70. The smallest absolute Gasteiger partial charge is 0.249 e. The van der Waals surface area contributed by atoms with Crippen LogP contribution >= 0.6 is 0 Å². The van der Waals surface area contributed by atoms with E-state index >= 15 is 0 Å². The molecular formula is C42H44N12O3. The van der Waals surface area contributed by atoms with Crippen LogP contribution in [-0.2, 0) is 9.59 Å². The number of nitrogens with two attached hydrogens (primary N) is 1. The van der Waals surface area contributed by atoms with Crippen LogP contribution in [0.4, 0.5) is 11.5 Å². The van der Waals surface area contributed by atoms with E-state index in [0.29, 0.717) is 35.5 Å². The van der Waals surface area contributed by atoms with Crippen molar-refractivity contribution < 1.29 is 14.3 Å². The highest BCUT2D eigenvalue weighted by Gasteiger charge is 2.42. The molecule has 4 aliphatic heterocycles. The summed E-state index contributed by atoms with van der Waals surface area (Å²) in [7, 11) is 0. The quantitative estimate of drug-likeness (QED) is 0.190. The maximum atomic E-state index is 12.6. The van der Waals surface area contributed by atoms with Crippen molar-refractivity contribution in [3.63, 3.8) is 0 Å². The van der Waals surface area contributed by atoms with Crippen molar-refractivity contribution in [1.82, 2.24) is 44.4 Å². The van der Waals surface area contributed by atoms with Crippen LogP contribution in [0.25, 0.3) is 33.2 Å². The van der Waals surface area contributed by atoms with Gasteiger partial charge in [-0.3, -0.25) is 30.1 Å². The highest BCUT2D eigenvalue weighted by atomic mass is 16.5. The number of imide groups is 1. The van der Waals surface area contributed by atoms with Gasteiger partial charge < -0.3 is 19.9 Å². The van der Waals surface area contributed by atoms with Gasteiger partial charge in [-0.1, -0.05) is 18.2 Å². The van der Waals surface area contributed by atoms with E-state index in [0.717, 1.165) is 97.1 Å². The average molecular weight is 765 g/mol. The third-order valence-electron chi connectivity index (χ3n) is 12.3. The number of para-hydroxylation sites is 1. The van der Waals surface area contributed by atoms with Gasteiger partial charge in [0.15, 0.2) is 5.65 Å². The molecule has 4 fully saturated rings. The van der Waals surface area contributed by atoms with Crippen molar-refractivity contribution in [2.45, 2.75) is 56.8 Å². The molecule has 0 saturated carbocycles. The molecular weight excluding hydrogens is 721 g/mol. The Hall–Kier alpha value is -6.19. The molecule has 4 saturated heterocycles. The van der Waals surface area contributed by atoms with E-state index in [1.165, 1.54) is 6.33 Å². The van der Waals surface area contributed by atoms with Gasteiger partial charge in [-0.05, 0) is 80.8 Å². The molecule has 10 rings (SSSR count). The SMILES string of the molecule is Cc1nc2cc(N3CC(N4CC(N5CCC(n6nc(-c7ccc(Oc8ccccc8)cc7)c7c(N)ncnc76)CC5)C4)C3)ccc2c(=N)n1C1CCC(=O)NC1=O. The zero-order valence-electron chi connectivity index (χ0n) is 31.7. The maximum Gasteiger partial charge on any atom is 0.249 e. The second-order valence-electron chi connectivity index (χ2n) is 15.7. The Morgan fingerprint density at radius 2 is 1.58 bits per heavy atom. The molecule has 1 atom stereocenters. The van der Waals surface area contributed by atoms with Crippen LogP contribution in [-0.4, -0.2) is 102 Å². The van der Waals surface area contributed by atoms with Crippen molar-refractivity contribution in [2.75, 3.05) is 49.9 Å². The van der Waals surface area contributed by atoms with Gasteiger partial charge in [-0.2, -0.15) is 5.10 Å². The topological polar surface area (TPSA) is 176 Å². The first-order valence-corrected chi connectivity index (χ1v) is 19.7. The number of nitrogens with one attached hydrogen (secondary N) is 2. The zero-order valence-corrected chi connectivity index (χ0v) is 31.7. The fourth-order valence-electron chi connectivity index (χ4n) is 9.01. The zero-order chi connectivity index (χ0) is 38.8. The molecule has 15 heteroatoms. The molecule has 0 radical (unpaired) electrons. The Balaban J connectivity index is 0.748. The number of nitrogen functional groups attached to an aromatic ring is 1. The minimum Gasteiger partial charge on any atom is -0.457 e. The molecule has 7 heterocycles. The molecule has 4 N–H and O–H groups in total. The molecule has 290 valence electrons. The van der Waals surface area contributed by atoms with E-state index in [4.69, 9.17) is 26.0 Å². The number of carbonyl (C=O) groups is 2. The molecule has 2 amide bonds. The van der Waals surface area contributed by atoms with Crippen LogP contribution in [0, 0.1) is 12.3 Å². The number of aromatic nitrogens is 6. The number of likely N-dealkylation sites (tertiary alicyclic amines) is 2. The maximum absolute atomic E-state index is 12.6. The Morgan fingerprint density at radius 1 is 0.842 bits per heavy atom. The van der Waals surface area contributed by atoms with E-state index in [1.54, 1.807) is 4.57 Å². The number of carbonyl (C=O) groups excluding carboxylic acids is 2.